The van der Waals surface area contributed by atoms with Gasteiger partial charge in [0.1, 0.15) is 30.0 Å². The SMILES string of the molecule is CCOc1ccc(OCC(O)CN2CCc3ccc(F)cc3C2C)cc1. The van der Waals surface area contributed by atoms with E-state index in [0.29, 0.717) is 18.9 Å². The highest BCUT2D eigenvalue weighted by atomic mass is 19.1. The molecule has 2 unspecified atom stereocenters. The summed E-state index contributed by atoms with van der Waals surface area (Å²) in [5.41, 5.74) is 2.20. The van der Waals surface area contributed by atoms with Gasteiger partial charge >= 0.3 is 0 Å². The number of halogens is 1. The molecule has 1 aliphatic heterocycles. The fourth-order valence-electron chi connectivity index (χ4n) is 3.40. The van der Waals surface area contributed by atoms with Crippen LogP contribution in [0.1, 0.15) is 31.0 Å². The molecule has 4 nitrogen and oxygen atoms in total. The van der Waals surface area contributed by atoms with Gasteiger partial charge in [-0.25, -0.2) is 4.39 Å². The van der Waals surface area contributed by atoms with E-state index in [2.05, 4.69) is 11.8 Å². The van der Waals surface area contributed by atoms with Gasteiger partial charge in [0.15, 0.2) is 0 Å². The van der Waals surface area contributed by atoms with E-state index in [1.807, 2.05) is 37.3 Å². The van der Waals surface area contributed by atoms with Gasteiger partial charge in [-0.05, 0) is 67.8 Å². The van der Waals surface area contributed by atoms with Crippen LogP contribution >= 0.6 is 0 Å². The zero-order valence-electron chi connectivity index (χ0n) is 15.3. The van der Waals surface area contributed by atoms with Gasteiger partial charge in [0.05, 0.1) is 6.61 Å². The standard InChI is InChI=1S/C21H26FNO3/c1-3-25-19-6-8-20(9-7-19)26-14-18(24)13-23-11-10-16-4-5-17(22)12-21(16)15(23)2/h4-9,12,15,18,24H,3,10-11,13-14H2,1-2H3. The lowest BCUT2D eigenvalue weighted by Crippen LogP contribution is -2.41. The Morgan fingerprint density at radius 3 is 2.54 bits per heavy atom. The molecule has 0 bridgehead atoms. The van der Waals surface area contributed by atoms with Crippen LogP contribution in [-0.4, -0.2) is 42.4 Å². The van der Waals surface area contributed by atoms with E-state index in [9.17, 15) is 9.50 Å². The maximum atomic E-state index is 13.5. The number of nitrogens with zero attached hydrogens (tertiary/aromatic N) is 1. The molecule has 0 aromatic heterocycles. The summed E-state index contributed by atoms with van der Waals surface area (Å²) in [5, 5.41) is 10.4. The van der Waals surface area contributed by atoms with E-state index in [0.717, 1.165) is 24.3 Å². The largest absolute Gasteiger partial charge is 0.494 e. The van der Waals surface area contributed by atoms with E-state index in [-0.39, 0.29) is 18.5 Å². The summed E-state index contributed by atoms with van der Waals surface area (Å²) in [6, 6.07) is 12.4. The van der Waals surface area contributed by atoms with E-state index >= 15 is 0 Å². The second kappa shape index (κ2) is 8.52. The molecule has 0 amide bonds. The second-order valence-corrected chi connectivity index (χ2v) is 6.63. The molecule has 0 radical (unpaired) electrons. The molecule has 0 saturated heterocycles. The van der Waals surface area contributed by atoms with E-state index in [4.69, 9.17) is 9.47 Å². The van der Waals surface area contributed by atoms with Gasteiger partial charge in [-0.15, -0.1) is 0 Å². The Kier molecular flexibility index (Phi) is 6.12. The number of hydrogen-bond donors (Lipinski definition) is 1. The molecule has 0 spiro atoms. The first kappa shape index (κ1) is 18.7. The van der Waals surface area contributed by atoms with Crippen molar-refractivity contribution >= 4 is 0 Å². The molecule has 0 saturated carbocycles. The van der Waals surface area contributed by atoms with Crippen molar-refractivity contribution in [2.24, 2.45) is 0 Å². The van der Waals surface area contributed by atoms with Gasteiger partial charge in [-0.2, -0.15) is 0 Å². The molecule has 2 atom stereocenters. The monoisotopic (exact) mass is 359 g/mol. The van der Waals surface area contributed by atoms with Gasteiger partial charge in [-0.3, -0.25) is 4.90 Å². The third-order valence-electron chi connectivity index (χ3n) is 4.80. The van der Waals surface area contributed by atoms with Crippen LogP contribution in [-0.2, 0) is 6.42 Å². The average Bonchev–Trinajstić information content (AvgIpc) is 2.64. The van der Waals surface area contributed by atoms with Crippen LogP contribution in [0.2, 0.25) is 0 Å². The molecule has 26 heavy (non-hydrogen) atoms. The summed E-state index contributed by atoms with van der Waals surface area (Å²) in [4.78, 5) is 2.17. The minimum absolute atomic E-state index is 0.0783. The van der Waals surface area contributed by atoms with E-state index < -0.39 is 6.10 Å². The van der Waals surface area contributed by atoms with Crippen LogP contribution < -0.4 is 9.47 Å². The Labute approximate surface area is 154 Å². The highest BCUT2D eigenvalue weighted by molar-refractivity contribution is 5.33. The van der Waals surface area contributed by atoms with Gasteiger partial charge in [-0.1, -0.05) is 6.07 Å². The zero-order chi connectivity index (χ0) is 18.5. The lowest BCUT2D eigenvalue weighted by Gasteiger charge is -2.36. The first-order chi connectivity index (χ1) is 12.6. The van der Waals surface area contributed by atoms with Crippen molar-refractivity contribution in [2.45, 2.75) is 32.4 Å². The third-order valence-corrected chi connectivity index (χ3v) is 4.80. The van der Waals surface area contributed by atoms with Crippen LogP contribution in [0.4, 0.5) is 4.39 Å². The fourth-order valence-corrected chi connectivity index (χ4v) is 3.40. The van der Waals surface area contributed by atoms with Crippen LogP contribution in [0.3, 0.4) is 0 Å². The lowest BCUT2D eigenvalue weighted by atomic mass is 9.93. The van der Waals surface area contributed by atoms with Crippen molar-refractivity contribution in [2.75, 3.05) is 26.3 Å². The first-order valence-electron chi connectivity index (χ1n) is 9.13. The summed E-state index contributed by atoms with van der Waals surface area (Å²) in [7, 11) is 0. The maximum absolute atomic E-state index is 13.5. The Bertz CT molecular complexity index is 720. The molecule has 2 aromatic rings. The number of rotatable bonds is 7. The van der Waals surface area contributed by atoms with Crippen LogP contribution in [0.15, 0.2) is 42.5 Å². The summed E-state index contributed by atoms with van der Waals surface area (Å²) < 4.78 is 24.6. The number of aliphatic hydroxyl groups is 1. The first-order valence-corrected chi connectivity index (χ1v) is 9.13. The number of aliphatic hydroxyl groups excluding tert-OH is 1. The maximum Gasteiger partial charge on any atom is 0.123 e. The molecule has 1 N–H and O–H groups in total. The summed E-state index contributed by atoms with van der Waals surface area (Å²) >= 11 is 0. The van der Waals surface area contributed by atoms with Crippen LogP contribution in [0.5, 0.6) is 11.5 Å². The van der Waals surface area contributed by atoms with Crippen LogP contribution in [0, 0.1) is 5.82 Å². The Hall–Kier alpha value is -2.11. The van der Waals surface area contributed by atoms with Crippen molar-refractivity contribution in [1.82, 2.24) is 4.90 Å². The summed E-state index contributed by atoms with van der Waals surface area (Å²) in [5.74, 6) is 1.29. The third kappa shape index (κ3) is 4.54. The molecule has 0 aliphatic carbocycles. The molecular formula is C21H26FNO3. The fraction of sp³-hybridized carbons (Fsp3) is 0.429. The molecule has 2 aromatic carbocycles. The van der Waals surface area contributed by atoms with Gasteiger partial charge in [0, 0.05) is 19.1 Å². The van der Waals surface area contributed by atoms with Crippen molar-refractivity contribution in [1.29, 1.82) is 0 Å². The Morgan fingerprint density at radius 1 is 1.15 bits per heavy atom. The number of fused-ring (bicyclic) bond motifs is 1. The van der Waals surface area contributed by atoms with Crippen molar-refractivity contribution < 1.29 is 19.0 Å². The highest BCUT2D eigenvalue weighted by Crippen LogP contribution is 2.30. The number of ether oxygens (including phenoxy) is 2. The van der Waals surface area contributed by atoms with E-state index in [1.54, 1.807) is 6.07 Å². The zero-order valence-corrected chi connectivity index (χ0v) is 15.3. The molecule has 5 heteroatoms. The molecule has 140 valence electrons. The Balaban J connectivity index is 1.52. The van der Waals surface area contributed by atoms with Gasteiger partial charge in [0.2, 0.25) is 0 Å². The topological polar surface area (TPSA) is 41.9 Å². The minimum Gasteiger partial charge on any atom is -0.494 e. The number of hydrogen-bond acceptors (Lipinski definition) is 4. The lowest BCUT2D eigenvalue weighted by molar-refractivity contribution is 0.0517. The van der Waals surface area contributed by atoms with Gasteiger partial charge in [0.25, 0.3) is 0 Å². The summed E-state index contributed by atoms with van der Waals surface area (Å²) in [6.45, 7) is 6.17. The molecular weight excluding hydrogens is 333 g/mol. The predicted molar refractivity (Wildman–Crippen MR) is 99.2 cm³/mol. The van der Waals surface area contributed by atoms with Crippen molar-refractivity contribution in [3.05, 3.63) is 59.4 Å². The van der Waals surface area contributed by atoms with Crippen molar-refractivity contribution in [3.63, 3.8) is 0 Å². The van der Waals surface area contributed by atoms with Crippen LogP contribution in [0.25, 0.3) is 0 Å². The summed E-state index contributed by atoms with van der Waals surface area (Å²) in [6.07, 6.45) is 0.256. The van der Waals surface area contributed by atoms with Gasteiger partial charge < -0.3 is 14.6 Å². The second-order valence-electron chi connectivity index (χ2n) is 6.63. The Morgan fingerprint density at radius 2 is 1.85 bits per heavy atom. The molecule has 1 aliphatic rings. The molecule has 0 fully saturated rings. The average molecular weight is 359 g/mol. The number of β-amino-alcohol motifs (C(OH)–C–C–N with tert-alkyl or cyclic N) is 1. The van der Waals surface area contributed by atoms with E-state index in [1.165, 1.54) is 11.6 Å². The number of benzene rings is 2. The predicted octanol–water partition coefficient (Wildman–Crippen LogP) is 3.58. The minimum atomic E-state index is -0.612. The highest BCUT2D eigenvalue weighted by Gasteiger charge is 2.25. The normalized spacial score (nSPS) is 18.2. The quantitative estimate of drug-likeness (QED) is 0.820. The molecule has 1 heterocycles. The molecule has 3 rings (SSSR count). The van der Waals surface area contributed by atoms with Crippen molar-refractivity contribution in [3.8, 4) is 11.5 Å². The smallest absolute Gasteiger partial charge is 0.123 e.